The van der Waals surface area contributed by atoms with Crippen LogP contribution in [0.2, 0.25) is 0 Å². The molecule has 19 heavy (non-hydrogen) atoms. The molecule has 0 saturated heterocycles. The molecule has 0 spiro atoms. The molecule has 0 amide bonds. The van der Waals surface area contributed by atoms with E-state index in [0.717, 1.165) is 12.8 Å². The maximum Gasteiger partial charge on any atom is 2.00 e. The number of hydrogen-bond acceptors (Lipinski definition) is 0. The second-order valence-corrected chi connectivity index (χ2v) is 4.77. The third-order valence-corrected chi connectivity index (χ3v) is 3.64. The number of rotatable bonds is 0. The van der Waals surface area contributed by atoms with E-state index >= 15 is 0 Å². The second kappa shape index (κ2) is 11.5. The van der Waals surface area contributed by atoms with Crippen LogP contribution < -0.4 is 0 Å². The van der Waals surface area contributed by atoms with E-state index in [1.807, 2.05) is 0 Å². The van der Waals surface area contributed by atoms with E-state index in [1.54, 1.807) is 0 Å². The Bertz CT molecular complexity index is 361. The van der Waals surface area contributed by atoms with Gasteiger partial charge in [-0.3, -0.25) is 12.2 Å². The van der Waals surface area contributed by atoms with E-state index in [4.69, 9.17) is 0 Å². The topological polar surface area (TPSA) is 0 Å². The van der Waals surface area contributed by atoms with Crippen LogP contribution in [0.5, 0.6) is 0 Å². The molecule has 0 radical (unpaired) electrons. The maximum absolute atomic E-state index is 3.26. The summed E-state index contributed by atoms with van der Waals surface area (Å²) >= 11 is 0. The zero-order valence-electron chi connectivity index (χ0n) is 12.7. The van der Waals surface area contributed by atoms with Gasteiger partial charge >= 0.3 is 26.2 Å². The zero-order valence-corrected chi connectivity index (χ0v) is 18.6. The van der Waals surface area contributed by atoms with E-state index < -0.39 is 0 Å². The third-order valence-electron chi connectivity index (χ3n) is 3.64. The molecule has 0 fully saturated rings. The first-order valence-corrected chi connectivity index (χ1v) is 5.91. The SMILES string of the molecule is Br.Br.CC1=[C-]CC(C)=C1C.CC1=[C-]CC(C)=C1C.[Zr+2]. The summed E-state index contributed by atoms with van der Waals surface area (Å²) < 4.78 is 0. The standard InChI is InChI=1S/2C8H11.2BrH.Zr/c2*1-6-4-5-7(2)8(6)3;;;/h2*4H2,1-3H3;2*1H;/q2*-1;;;+2. The van der Waals surface area contributed by atoms with Gasteiger partial charge in [0.15, 0.2) is 0 Å². The molecule has 0 aliphatic heterocycles. The van der Waals surface area contributed by atoms with E-state index in [2.05, 4.69) is 53.7 Å². The van der Waals surface area contributed by atoms with Gasteiger partial charge in [0.25, 0.3) is 0 Å². The van der Waals surface area contributed by atoms with Crippen molar-refractivity contribution in [2.75, 3.05) is 0 Å². The molecule has 0 unspecified atom stereocenters. The Kier molecular flexibility index (Phi) is 15.0. The molecule has 2 aliphatic carbocycles. The second-order valence-electron chi connectivity index (χ2n) is 4.77. The van der Waals surface area contributed by atoms with Gasteiger partial charge in [-0.2, -0.15) is 22.3 Å². The predicted octanol–water partition coefficient (Wildman–Crippen LogP) is 6.11. The van der Waals surface area contributed by atoms with E-state index in [0.29, 0.717) is 0 Å². The van der Waals surface area contributed by atoms with Gasteiger partial charge in [-0.1, -0.05) is 27.7 Å². The molecule has 0 N–H and O–H groups in total. The minimum Gasteiger partial charge on any atom is -0.269 e. The van der Waals surface area contributed by atoms with Crippen molar-refractivity contribution >= 4 is 34.0 Å². The van der Waals surface area contributed by atoms with Crippen LogP contribution in [0.4, 0.5) is 0 Å². The first-order chi connectivity index (χ1) is 7.43. The first kappa shape index (κ1) is 24.8. The Labute approximate surface area is 159 Å². The summed E-state index contributed by atoms with van der Waals surface area (Å²) in [5, 5.41) is 0. The van der Waals surface area contributed by atoms with Crippen LogP contribution in [-0.4, -0.2) is 0 Å². The van der Waals surface area contributed by atoms with Gasteiger partial charge < -0.3 is 0 Å². The number of allylic oxidation sites excluding steroid dienone is 8. The maximum atomic E-state index is 3.26. The molecule has 0 atom stereocenters. The van der Waals surface area contributed by atoms with Gasteiger partial charge in [-0.05, 0) is 0 Å². The van der Waals surface area contributed by atoms with Crippen LogP contribution in [0.15, 0.2) is 33.4 Å². The summed E-state index contributed by atoms with van der Waals surface area (Å²) in [6.07, 6.45) is 8.63. The van der Waals surface area contributed by atoms with Crippen molar-refractivity contribution in [2.24, 2.45) is 0 Å². The normalized spacial score (nSPS) is 16.5. The van der Waals surface area contributed by atoms with Gasteiger partial charge in [-0.15, -0.1) is 60.7 Å². The van der Waals surface area contributed by atoms with Crippen molar-refractivity contribution < 1.29 is 26.2 Å². The van der Waals surface area contributed by atoms with Crippen LogP contribution in [0, 0.1) is 12.2 Å². The zero-order chi connectivity index (χ0) is 12.3. The minimum absolute atomic E-state index is 0. The molecule has 2 aliphatic rings. The van der Waals surface area contributed by atoms with Crippen molar-refractivity contribution in [3.05, 3.63) is 45.6 Å². The molecule has 0 bridgehead atoms. The number of hydrogen-bond donors (Lipinski definition) is 0. The van der Waals surface area contributed by atoms with Crippen LogP contribution in [0.3, 0.4) is 0 Å². The molecule has 0 aromatic carbocycles. The van der Waals surface area contributed by atoms with Crippen LogP contribution in [-0.2, 0) is 26.2 Å². The fraction of sp³-hybridized carbons (Fsp3) is 0.500. The van der Waals surface area contributed by atoms with Crippen molar-refractivity contribution in [1.82, 2.24) is 0 Å². The Morgan fingerprint density at radius 3 is 0.947 bits per heavy atom. The van der Waals surface area contributed by atoms with Gasteiger partial charge in [0.2, 0.25) is 0 Å². The van der Waals surface area contributed by atoms with Gasteiger partial charge in [0, 0.05) is 0 Å². The van der Waals surface area contributed by atoms with Gasteiger partial charge in [-0.25, -0.2) is 11.1 Å². The summed E-state index contributed by atoms with van der Waals surface area (Å²) in [7, 11) is 0. The largest absolute Gasteiger partial charge is 2.00 e. The van der Waals surface area contributed by atoms with Crippen molar-refractivity contribution in [2.45, 2.75) is 54.4 Å². The molecule has 3 heteroatoms. The molecule has 2 rings (SSSR count). The summed E-state index contributed by atoms with van der Waals surface area (Å²) in [6.45, 7) is 12.9. The quantitative estimate of drug-likeness (QED) is 0.378. The summed E-state index contributed by atoms with van der Waals surface area (Å²) in [5.74, 6) is 0. The minimum atomic E-state index is 0. The number of halogens is 2. The summed E-state index contributed by atoms with van der Waals surface area (Å²) in [5.41, 5.74) is 8.49. The molecular formula is C16H24Br2Zr. The Morgan fingerprint density at radius 2 is 0.895 bits per heavy atom. The van der Waals surface area contributed by atoms with Crippen LogP contribution in [0.1, 0.15) is 54.4 Å². The van der Waals surface area contributed by atoms with Gasteiger partial charge in [0.05, 0.1) is 0 Å². The third kappa shape index (κ3) is 7.39. The van der Waals surface area contributed by atoms with Crippen molar-refractivity contribution in [1.29, 1.82) is 0 Å². The Hall–Kier alpha value is 0.803. The Balaban J connectivity index is -0.000000233. The Morgan fingerprint density at radius 1 is 0.632 bits per heavy atom. The fourth-order valence-electron chi connectivity index (χ4n) is 1.70. The molecule has 0 nitrogen and oxygen atoms in total. The fourth-order valence-corrected chi connectivity index (χ4v) is 1.70. The van der Waals surface area contributed by atoms with E-state index in [1.165, 1.54) is 33.4 Å². The van der Waals surface area contributed by atoms with Crippen molar-refractivity contribution in [3.63, 3.8) is 0 Å². The molecule has 0 aromatic heterocycles. The monoisotopic (exact) mass is 464 g/mol. The van der Waals surface area contributed by atoms with Gasteiger partial charge in [0.1, 0.15) is 0 Å². The van der Waals surface area contributed by atoms with Crippen LogP contribution >= 0.6 is 34.0 Å². The average molecular weight is 467 g/mol. The molecular weight excluding hydrogens is 443 g/mol. The van der Waals surface area contributed by atoms with E-state index in [-0.39, 0.29) is 60.2 Å². The van der Waals surface area contributed by atoms with Crippen molar-refractivity contribution in [3.8, 4) is 0 Å². The smallest absolute Gasteiger partial charge is 0.269 e. The summed E-state index contributed by atoms with van der Waals surface area (Å²) in [4.78, 5) is 0. The molecule has 0 aromatic rings. The average Bonchev–Trinajstić information content (AvgIpc) is 2.70. The predicted molar refractivity (Wildman–Crippen MR) is 91.5 cm³/mol. The van der Waals surface area contributed by atoms with Crippen LogP contribution in [0.25, 0.3) is 0 Å². The first-order valence-electron chi connectivity index (χ1n) is 5.91. The molecule has 0 heterocycles. The van der Waals surface area contributed by atoms with E-state index in [9.17, 15) is 0 Å². The molecule has 0 saturated carbocycles. The summed E-state index contributed by atoms with van der Waals surface area (Å²) in [6, 6.07) is 0. The molecule has 106 valence electrons.